The molecule has 0 bridgehead atoms. The normalized spacial score (nSPS) is 17.3. The number of anilines is 1. The number of aromatic nitrogens is 4. The van der Waals surface area contributed by atoms with Crippen LogP contribution in [-0.2, 0) is 9.84 Å². The van der Waals surface area contributed by atoms with E-state index in [0.717, 1.165) is 61.6 Å². The number of ether oxygens (including phenoxy) is 1. The molecule has 2 fully saturated rings. The van der Waals surface area contributed by atoms with Crippen LogP contribution in [0.25, 0.3) is 21.3 Å². The summed E-state index contributed by atoms with van der Waals surface area (Å²) in [6.07, 6.45) is 6.22. The summed E-state index contributed by atoms with van der Waals surface area (Å²) in [7, 11) is -3.50. The number of nitrogens with zero attached hydrogens (tertiary/aromatic N) is 5. The van der Waals surface area contributed by atoms with Crippen molar-refractivity contribution in [2.45, 2.75) is 42.6 Å². The number of piperidine rings is 1. The van der Waals surface area contributed by atoms with Gasteiger partial charge in [0.05, 0.1) is 10.4 Å². The molecular weight excluding hydrogens is 493 g/mol. The number of fused-ring (bicyclic) bond motifs is 1. The lowest BCUT2D eigenvalue weighted by Crippen LogP contribution is -2.38. The first-order valence-electron chi connectivity index (χ1n) is 11.3. The fourth-order valence-corrected chi connectivity index (χ4v) is 5.82. The highest BCUT2D eigenvalue weighted by Crippen LogP contribution is 2.40. The number of rotatable bonds is 6. The maximum atomic E-state index is 14.8. The number of thiophene rings is 1. The van der Waals surface area contributed by atoms with Crippen molar-refractivity contribution in [1.82, 2.24) is 20.1 Å². The fourth-order valence-electron chi connectivity index (χ4n) is 4.23. The first-order chi connectivity index (χ1) is 16.9. The zero-order valence-electron chi connectivity index (χ0n) is 18.8. The average Bonchev–Trinajstić information content (AvgIpc) is 3.40. The molecule has 0 radical (unpaired) electrons. The monoisotopic (exact) mass is 515 g/mol. The number of benzene rings is 1. The van der Waals surface area contributed by atoms with Gasteiger partial charge in [-0.15, -0.1) is 11.3 Å². The second-order valence-electron chi connectivity index (χ2n) is 8.93. The molecule has 0 atom stereocenters. The van der Waals surface area contributed by atoms with Crippen LogP contribution >= 0.6 is 11.3 Å². The Kier molecular flexibility index (Phi) is 5.44. The van der Waals surface area contributed by atoms with Crippen molar-refractivity contribution in [3.63, 3.8) is 0 Å². The maximum absolute atomic E-state index is 14.8. The van der Waals surface area contributed by atoms with E-state index in [-0.39, 0.29) is 16.6 Å². The van der Waals surface area contributed by atoms with Crippen molar-refractivity contribution in [2.75, 3.05) is 24.2 Å². The van der Waals surface area contributed by atoms with Crippen LogP contribution in [0.1, 0.15) is 37.4 Å². The summed E-state index contributed by atoms with van der Waals surface area (Å²) in [4.78, 5) is 15.2. The van der Waals surface area contributed by atoms with Gasteiger partial charge in [0.15, 0.2) is 15.7 Å². The Bertz CT molecular complexity index is 1510. The lowest BCUT2D eigenvalue weighted by atomic mass is 10.1. The minimum absolute atomic E-state index is 0.0356. The van der Waals surface area contributed by atoms with Crippen LogP contribution in [0.2, 0.25) is 0 Å². The Labute approximate surface area is 204 Å². The molecule has 1 aliphatic carbocycles. The molecule has 2 aliphatic rings. The smallest absolute Gasteiger partial charge is 0.324 e. The van der Waals surface area contributed by atoms with Crippen LogP contribution in [-0.4, -0.2) is 54.0 Å². The van der Waals surface area contributed by atoms with Crippen LogP contribution in [0.5, 0.6) is 5.88 Å². The van der Waals surface area contributed by atoms with Crippen LogP contribution in [0.15, 0.2) is 39.3 Å². The van der Waals surface area contributed by atoms with Crippen molar-refractivity contribution >= 4 is 37.4 Å². The standard InChI is InChI=1S/C23H22FN5O4S2/c1-35(30,31)15-4-5-16(18(24)10-15)17-11-34-20-19(17)25-12-26-22(20)32-14-6-8-29(9-7-14)23-27-21(28-33-23)13-2-3-13/h4-5,10-14H,2-3,6-9H2,1H3. The Morgan fingerprint density at radius 1 is 1.14 bits per heavy atom. The predicted molar refractivity (Wildman–Crippen MR) is 128 cm³/mol. The summed E-state index contributed by atoms with van der Waals surface area (Å²) in [6, 6.07) is 4.48. The summed E-state index contributed by atoms with van der Waals surface area (Å²) < 4.78 is 50.7. The third-order valence-corrected chi connectivity index (χ3v) is 8.41. The van der Waals surface area contributed by atoms with Gasteiger partial charge in [0.25, 0.3) is 0 Å². The molecular formula is C23H22FN5O4S2. The number of hydrogen-bond donors (Lipinski definition) is 0. The highest BCUT2D eigenvalue weighted by molar-refractivity contribution is 7.90. The molecule has 182 valence electrons. The van der Waals surface area contributed by atoms with Gasteiger partial charge in [0.2, 0.25) is 5.88 Å². The summed E-state index contributed by atoms with van der Waals surface area (Å²) >= 11 is 1.37. The second kappa shape index (κ2) is 8.52. The molecule has 1 saturated carbocycles. The number of sulfone groups is 1. The average molecular weight is 516 g/mol. The van der Waals surface area contributed by atoms with E-state index in [1.807, 2.05) is 0 Å². The summed E-state index contributed by atoms with van der Waals surface area (Å²) in [6.45, 7) is 1.47. The van der Waals surface area contributed by atoms with Crippen LogP contribution in [0.4, 0.5) is 10.4 Å². The number of hydrogen-bond acceptors (Lipinski definition) is 10. The lowest BCUT2D eigenvalue weighted by Gasteiger charge is -2.30. The van der Waals surface area contributed by atoms with Gasteiger partial charge in [-0.2, -0.15) is 4.98 Å². The van der Waals surface area contributed by atoms with Gasteiger partial charge in [0.1, 0.15) is 22.9 Å². The van der Waals surface area contributed by atoms with Crippen molar-refractivity contribution in [3.8, 4) is 17.0 Å². The Balaban J connectivity index is 1.19. The van der Waals surface area contributed by atoms with Crippen molar-refractivity contribution in [2.24, 2.45) is 0 Å². The summed E-state index contributed by atoms with van der Waals surface area (Å²) in [5.41, 5.74) is 1.43. The van der Waals surface area contributed by atoms with Gasteiger partial charge >= 0.3 is 6.01 Å². The number of halogens is 1. The zero-order valence-corrected chi connectivity index (χ0v) is 20.5. The molecule has 1 aromatic carbocycles. The lowest BCUT2D eigenvalue weighted by molar-refractivity contribution is 0.164. The maximum Gasteiger partial charge on any atom is 0.324 e. The third kappa shape index (κ3) is 4.36. The van der Waals surface area contributed by atoms with E-state index in [0.29, 0.717) is 28.9 Å². The molecule has 0 amide bonds. The first-order valence-corrected chi connectivity index (χ1v) is 14.1. The highest BCUT2D eigenvalue weighted by atomic mass is 32.2. The van der Waals surface area contributed by atoms with E-state index in [4.69, 9.17) is 9.26 Å². The zero-order chi connectivity index (χ0) is 24.2. The molecule has 0 spiro atoms. The van der Waals surface area contributed by atoms with E-state index in [1.165, 1.54) is 29.8 Å². The van der Waals surface area contributed by atoms with Crippen molar-refractivity contribution in [1.29, 1.82) is 0 Å². The fraction of sp³-hybridized carbons (Fsp3) is 0.391. The molecule has 6 rings (SSSR count). The summed E-state index contributed by atoms with van der Waals surface area (Å²) in [5, 5.41) is 5.89. The van der Waals surface area contributed by atoms with Gasteiger partial charge in [-0.05, 0) is 25.0 Å². The Morgan fingerprint density at radius 3 is 2.66 bits per heavy atom. The van der Waals surface area contributed by atoms with Gasteiger partial charge in [-0.1, -0.05) is 11.2 Å². The summed E-state index contributed by atoms with van der Waals surface area (Å²) in [5.74, 6) is 1.10. The molecule has 1 saturated heterocycles. The van der Waals surface area contributed by atoms with Crippen LogP contribution in [0, 0.1) is 5.82 Å². The van der Waals surface area contributed by atoms with Gasteiger partial charge in [0, 0.05) is 54.6 Å². The van der Waals surface area contributed by atoms with E-state index >= 15 is 0 Å². The molecule has 4 heterocycles. The van der Waals surface area contributed by atoms with Gasteiger partial charge in [-0.3, -0.25) is 0 Å². The van der Waals surface area contributed by atoms with Crippen molar-refractivity contribution < 1.29 is 22.1 Å². The van der Waals surface area contributed by atoms with Crippen molar-refractivity contribution in [3.05, 3.63) is 41.5 Å². The largest absolute Gasteiger partial charge is 0.473 e. The topological polar surface area (TPSA) is 111 Å². The Morgan fingerprint density at radius 2 is 1.94 bits per heavy atom. The molecule has 3 aromatic heterocycles. The van der Waals surface area contributed by atoms with E-state index in [1.54, 1.807) is 5.38 Å². The van der Waals surface area contributed by atoms with Crippen LogP contribution in [0.3, 0.4) is 0 Å². The molecule has 35 heavy (non-hydrogen) atoms. The van der Waals surface area contributed by atoms with Gasteiger partial charge < -0.3 is 14.2 Å². The Hall–Kier alpha value is -3.12. The molecule has 0 unspecified atom stereocenters. The minimum atomic E-state index is -3.50. The molecule has 1 aliphatic heterocycles. The van der Waals surface area contributed by atoms with E-state index in [9.17, 15) is 12.8 Å². The molecule has 0 N–H and O–H groups in total. The third-order valence-electron chi connectivity index (χ3n) is 6.34. The second-order valence-corrected chi connectivity index (χ2v) is 11.8. The van der Waals surface area contributed by atoms with E-state index in [2.05, 4.69) is 25.0 Å². The molecule has 12 heteroatoms. The molecule has 9 nitrogen and oxygen atoms in total. The quantitative estimate of drug-likeness (QED) is 0.373. The molecule has 4 aromatic rings. The van der Waals surface area contributed by atoms with Gasteiger partial charge in [-0.25, -0.2) is 22.8 Å². The highest BCUT2D eigenvalue weighted by Gasteiger charge is 2.31. The predicted octanol–water partition coefficient (Wildman–Crippen LogP) is 4.21. The minimum Gasteiger partial charge on any atom is -0.473 e. The SMILES string of the molecule is CS(=O)(=O)c1ccc(-c2csc3c(OC4CCN(c5nc(C6CC6)no5)CC4)ncnc23)c(F)c1. The van der Waals surface area contributed by atoms with E-state index < -0.39 is 15.7 Å². The van der Waals surface area contributed by atoms with Crippen LogP contribution < -0.4 is 9.64 Å². The first kappa shape index (κ1) is 22.4.